The van der Waals surface area contributed by atoms with Crippen LogP contribution in [0.1, 0.15) is 278 Å². The normalized spacial score (nSPS) is 14.1. The molecule has 3 atom stereocenters. The van der Waals surface area contributed by atoms with Crippen molar-refractivity contribution in [2.45, 2.75) is 290 Å². The lowest BCUT2D eigenvalue weighted by Gasteiger charge is -2.30. The Morgan fingerprint density at radius 2 is 0.859 bits per heavy atom. The van der Waals surface area contributed by atoms with Gasteiger partial charge in [0.1, 0.15) is 19.3 Å². The van der Waals surface area contributed by atoms with Gasteiger partial charge in [0.2, 0.25) is 5.91 Å². The number of likely N-dealkylation sites (N-methyl/N-ethyl adjacent to an activating group) is 1. The Hall–Kier alpha value is -2.03. The second kappa shape index (κ2) is 51.5. The number of ether oxygens (including phenoxy) is 1. The van der Waals surface area contributed by atoms with E-state index in [4.69, 9.17) is 13.8 Å². The number of hydrogen-bond acceptors (Lipinski definition) is 7. The van der Waals surface area contributed by atoms with Gasteiger partial charge in [-0.3, -0.25) is 14.2 Å². The smallest absolute Gasteiger partial charge is 0.306 e. The number of hydrogen-bond donors (Lipinski definition) is 1. The summed E-state index contributed by atoms with van der Waals surface area (Å²) in [4.78, 5) is 39.9. The highest BCUT2D eigenvalue weighted by atomic mass is 31.2. The van der Waals surface area contributed by atoms with E-state index in [1.165, 1.54) is 161 Å². The SMILES string of the molecule is CCCCC/C=C\C/C=C\C/C=C\CCCCCCCCCCC(=O)OC(/C=C\CCCCCCCCCCCCC)C(COP(=O)([O-])OCC[N+](C)(C)C)NC(=O)CCCCCCCCCCCCC. The minimum Gasteiger partial charge on any atom is -0.756 e. The number of carbonyl (C=O) groups excluding carboxylic acids is 2. The minimum atomic E-state index is -4.69. The fourth-order valence-corrected chi connectivity index (χ4v) is 9.31. The van der Waals surface area contributed by atoms with Crippen LogP contribution >= 0.6 is 7.82 Å². The number of phosphoric acid groups is 1. The Kier molecular flexibility index (Phi) is 50.0. The fraction of sp³-hybridized carbons (Fsp3) is 0.836. The molecular weight excluding hydrogens is 904 g/mol. The monoisotopic (exact) mass is 1020 g/mol. The van der Waals surface area contributed by atoms with E-state index in [0.717, 1.165) is 83.5 Å². The summed E-state index contributed by atoms with van der Waals surface area (Å²) in [6.07, 6.45) is 62.1. The van der Waals surface area contributed by atoms with Crippen molar-refractivity contribution in [3.8, 4) is 0 Å². The van der Waals surface area contributed by atoms with Gasteiger partial charge in [-0.05, 0) is 70.3 Å². The van der Waals surface area contributed by atoms with Gasteiger partial charge < -0.3 is 28.5 Å². The molecular formula is C61H115N2O7P. The highest BCUT2D eigenvalue weighted by Crippen LogP contribution is 2.38. The summed E-state index contributed by atoms with van der Waals surface area (Å²) < 4.78 is 30.2. The van der Waals surface area contributed by atoms with Crippen LogP contribution in [0.2, 0.25) is 0 Å². The van der Waals surface area contributed by atoms with Gasteiger partial charge in [0.15, 0.2) is 0 Å². The quantitative estimate of drug-likeness (QED) is 0.0212. The highest BCUT2D eigenvalue weighted by Gasteiger charge is 2.27. The lowest BCUT2D eigenvalue weighted by molar-refractivity contribution is -0.870. The number of carbonyl (C=O) groups is 2. The zero-order valence-corrected chi connectivity index (χ0v) is 48.3. The van der Waals surface area contributed by atoms with Crippen molar-refractivity contribution < 1.29 is 37.3 Å². The van der Waals surface area contributed by atoms with Crippen LogP contribution in [0.15, 0.2) is 48.6 Å². The van der Waals surface area contributed by atoms with Crippen LogP contribution in [0.5, 0.6) is 0 Å². The minimum absolute atomic E-state index is 0.0225. The number of phosphoric ester groups is 1. The maximum absolute atomic E-state index is 13.5. The molecule has 3 unspecified atom stereocenters. The first-order valence-corrected chi connectivity index (χ1v) is 31.4. The van der Waals surface area contributed by atoms with Crippen LogP contribution in [0, 0.1) is 0 Å². The van der Waals surface area contributed by atoms with Crippen molar-refractivity contribution in [2.24, 2.45) is 0 Å². The van der Waals surface area contributed by atoms with Crippen molar-refractivity contribution in [3.05, 3.63) is 48.6 Å². The van der Waals surface area contributed by atoms with Crippen molar-refractivity contribution in [1.82, 2.24) is 5.32 Å². The molecule has 71 heavy (non-hydrogen) atoms. The molecule has 416 valence electrons. The molecule has 10 heteroatoms. The van der Waals surface area contributed by atoms with Gasteiger partial charge in [-0.2, -0.15) is 0 Å². The summed E-state index contributed by atoms with van der Waals surface area (Å²) in [5, 5.41) is 3.02. The summed E-state index contributed by atoms with van der Waals surface area (Å²) in [5.74, 6) is -0.543. The standard InChI is InChI=1S/C61H115N2O7P/c1-7-10-13-16-19-22-25-27-28-29-30-31-32-33-34-36-39-42-45-48-51-54-61(65)70-59(52-49-46-43-40-38-35-26-23-20-17-14-11-8-2)58(57-69-71(66,67)68-56-55-63(4,5)6)62-60(64)53-50-47-44-41-37-24-21-18-15-12-9-3/h19,22,27-28,30-31,49,52,58-59H,7-18,20-21,23-26,29,32-48,50-51,53-57H2,1-6H3,(H-,62,64,66,67)/b22-19-,28-27-,31-30-,52-49-. The maximum atomic E-state index is 13.5. The van der Waals surface area contributed by atoms with E-state index >= 15 is 0 Å². The number of unbranched alkanes of at least 4 members (excludes halogenated alkanes) is 32. The average molecular weight is 1020 g/mol. The summed E-state index contributed by atoms with van der Waals surface area (Å²) in [6, 6.07) is -0.887. The van der Waals surface area contributed by atoms with E-state index in [1.54, 1.807) is 0 Å². The topological polar surface area (TPSA) is 114 Å². The van der Waals surface area contributed by atoms with Gasteiger partial charge in [0.05, 0.1) is 33.8 Å². The number of nitrogens with zero attached hydrogens (tertiary/aromatic N) is 1. The van der Waals surface area contributed by atoms with Crippen molar-refractivity contribution >= 4 is 19.7 Å². The Morgan fingerprint density at radius 3 is 1.31 bits per heavy atom. The van der Waals surface area contributed by atoms with E-state index in [1.807, 2.05) is 33.3 Å². The van der Waals surface area contributed by atoms with Crippen LogP contribution < -0.4 is 10.2 Å². The van der Waals surface area contributed by atoms with Crippen LogP contribution in [-0.4, -0.2) is 69.4 Å². The molecule has 0 fully saturated rings. The van der Waals surface area contributed by atoms with Crippen LogP contribution in [0.25, 0.3) is 0 Å². The number of amides is 1. The molecule has 0 bridgehead atoms. The summed E-state index contributed by atoms with van der Waals surface area (Å²) in [5.41, 5.74) is 0. The predicted molar refractivity (Wildman–Crippen MR) is 302 cm³/mol. The van der Waals surface area contributed by atoms with Crippen molar-refractivity contribution in [1.29, 1.82) is 0 Å². The largest absolute Gasteiger partial charge is 0.756 e. The van der Waals surface area contributed by atoms with E-state index in [2.05, 4.69) is 62.5 Å². The average Bonchev–Trinajstić information content (AvgIpc) is 3.33. The Balaban J connectivity index is 5.25. The fourth-order valence-electron chi connectivity index (χ4n) is 8.59. The van der Waals surface area contributed by atoms with E-state index in [9.17, 15) is 19.0 Å². The molecule has 0 aliphatic heterocycles. The van der Waals surface area contributed by atoms with Crippen LogP contribution in [0.4, 0.5) is 0 Å². The lowest BCUT2D eigenvalue weighted by atomic mass is 10.0. The second-order valence-corrected chi connectivity index (χ2v) is 22.9. The molecule has 0 aliphatic carbocycles. The number of allylic oxidation sites excluding steroid dienone is 7. The first-order valence-electron chi connectivity index (χ1n) is 29.9. The third-order valence-electron chi connectivity index (χ3n) is 13.3. The summed E-state index contributed by atoms with van der Waals surface area (Å²) in [7, 11) is 1.19. The molecule has 0 saturated heterocycles. The first-order chi connectivity index (χ1) is 34.4. The number of quaternary nitrogens is 1. The van der Waals surface area contributed by atoms with Crippen molar-refractivity contribution in [3.63, 3.8) is 0 Å². The molecule has 0 saturated carbocycles. The van der Waals surface area contributed by atoms with Gasteiger partial charge in [-0.1, -0.05) is 243 Å². The zero-order chi connectivity index (χ0) is 52.2. The predicted octanol–water partition coefficient (Wildman–Crippen LogP) is 17.5. The molecule has 1 N–H and O–H groups in total. The highest BCUT2D eigenvalue weighted by molar-refractivity contribution is 7.45. The number of nitrogens with one attached hydrogen (secondary N) is 1. The van der Waals surface area contributed by atoms with E-state index in [-0.39, 0.29) is 31.5 Å². The lowest BCUT2D eigenvalue weighted by Crippen LogP contribution is -2.47. The summed E-state index contributed by atoms with van der Waals surface area (Å²) >= 11 is 0. The molecule has 0 aromatic carbocycles. The van der Waals surface area contributed by atoms with E-state index in [0.29, 0.717) is 17.4 Å². The van der Waals surface area contributed by atoms with Crippen LogP contribution in [0.3, 0.4) is 0 Å². The Bertz CT molecular complexity index is 1360. The molecule has 0 aromatic rings. The molecule has 0 radical (unpaired) electrons. The first kappa shape index (κ1) is 69.0. The molecule has 0 heterocycles. The zero-order valence-electron chi connectivity index (χ0n) is 47.4. The van der Waals surface area contributed by atoms with E-state index < -0.39 is 20.0 Å². The maximum Gasteiger partial charge on any atom is 0.306 e. The third kappa shape index (κ3) is 52.6. The summed E-state index contributed by atoms with van der Waals surface area (Å²) in [6.45, 7) is 6.82. The Morgan fingerprint density at radius 1 is 0.493 bits per heavy atom. The molecule has 0 rings (SSSR count). The molecule has 9 nitrogen and oxygen atoms in total. The third-order valence-corrected chi connectivity index (χ3v) is 14.2. The van der Waals surface area contributed by atoms with Gasteiger partial charge in [0, 0.05) is 12.8 Å². The van der Waals surface area contributed by atoms with Gasteiger partial charge in [-0.15, -0.1) is 0 Å². The second-order valence-electron chi connectivity index (χ2n) is 21.5. The number of esters is 1. The van der Waals surface area contributed by atoms with Gasteiger partial charge in [-0.25, -0.2) is 0 Å². The van der Waals surface area contributed by atoms with Gasteiger partial charge in [0.25, 0.3) is 7.82 Å². The van der Waals surface area contributed by atoms with Crippen LogP contribution in [-0.2, 0) is 27.9 Å². The Labute approximate surface area is 439 Å². The van der Waals surface area contributed by atoms with Crippen molar-refractivity contribution in [2.75, 3.05) is 40.9 Å². The molecule has 0 aliphatic rings. The molecule has 0 aromatic heterocycles. The van der Waals surface area contributed by atoms with Gasteiger partial charge >= 0.3 is 5.97 Å². The molecule has 1 amide bonds. The molecule has 0 spiro atoms. The number of rotatable bonds is 54.